The number of rotatable bonds is 4. The summed E-state index contributed by atoms with van der Waals surface area (Å²) in [5.74, 6) is 0.215. The minimum Gasteiger partial charge on any atom is -0.346 e. The number of aromatic amines is 1. The highest BCUT2D eigenvalue weighted by atomic mass is 16.2. The quantitative estimate of drug-likeness (QED) is 0.764. The number of H-pyrrole nitrogens is 1. The van der Waals surface area contributed by atoms with Gasteiger partial charge in [0.2, 0.25) is 0 Å². The van der Waals surface area contributed by atoms with Crippen LogP contribution in [0.4, 0.5) is 5.69 Å². The van der Waals surface area contributed by atoms with Gasteiger partial charge in [-0.15, -0.1) is 0 Å². The summed E-state index contributed by atoms with van der Waals surface area (Å²) in [5.41, 5.74) is 1.81. The number of carbonyl (C=O) groups is 1. The SMILES string of the molecule is N#Cc1cn(CC2CC2)c2cc(NC(=O)c3cc(=O)[nH]cn3)ccc12. The van der Waals surface area contributed by atoms with E-state index in [2.05, 4.69) is 25.9 Å². The monoisotopic (exact) mass is 333 g/mol. The average molecular weight is 333 g/mol. The Morgan fingerprint density at radius 3 is 2.96 bits per heavy atom. The van der Waals surface area contributed by atoms with E-state index in [9.17, 15) is 14.9 Å². The van der Waals surface area contributed by atoms with Crippen LogP contribution in [-0.4, -0.2) is 20.4 Å². The molecule has 2 N–H and O–H groups in total. The van der Waals surface area contributed by atoms with Crippen LogP contribution in [0.2, 0.25) is 0 Å². The van der Waals surface area contributed by atoms with Gasteiger partial charge in [0.05, 0.1) is 17.4 Å². The number of nitrogens with zero attached hydrogens (tertiary/aromatic N) is 3. The number of nitrogens with one attached hydrogen (secondary N) is 2. The molecule has 2 heterocycles. The third-order valence-electron chi connectivity index (χ3n) is 4.32. The highest BCUT2D eigenvalue weighted by molar-refractivity contribution is 6.04. The lowest BCUT2D eigenvalue weighted by molar-refractivity contribution is 0.102. The molecule has 7 nitrogen and oxygen atoms in total. The number of hydrogen-bond acceptors (Lipinski definition) is 4. The highest BCUT2D eigenvalue weighted by Gasteiger charge is 2.23. The molecule has 25 heavy (non-hydrogen) atoms. The van der Waals surface area contributed by atoms with Gasteiger partial charge in [-0.2, -0.15) is 5.26 Å². The molecule has 0 saturated heterocycles. The van der Waals surface area contributed by atoms with Crippen molar-refractivity contribution >= 4 is 22.5 Å². The van der Waals surface area contributed by atoms with E-state index in [1.54, 1.807) is 6.07 Å². The van der Waals surface area contributed by atoms with Crippen LogP contribution in [0.25, 0.3) is 10.9 Å². The predicted octanol–water partition coefficient (Wildman–Crippen LogP) is 2.26. The van der Waals surface area contributed by atoms with Crippen molar-refractivity contribution in [1.29, 1.82) is 5.26 Å². The number of fused-ring (bicyclic) bond motifs is 1. The molecule has 0 aliphatic heterocycles. The van der Waals surface area contributed by atoms with Crippen molar-refractivity contribution in [3.05, 3.63) is 58.4 Å². The Balaban J connectivity index is 1.67. The molecular formula is C18H15N5O2. The van der Waals surface area contributed by atoms with E-state index < -0.39 is 5.91 Å². The molecular weight excluding hydrogens is 318 g/mol. The first-order valence-corrected chi connectivity index (χ1v) is 8.03. The third-order valence-corrected chi connectivity index (χ3v) is 4.32. The summed E-state index contributed by atoms with van der Waals surface area (Å²) >= 11 is 0. The number of hydrogen-bond donors (Lipinski definition) is 2. The van der Waals surface area contributed by atoms with E-state index in [1.807, 2.05) is 18.3 Å². The number of aromatic nitrogens is 3. The van der Waals surface area contributed by atoms with E-state index in [4.69, 9.17) is 0 Å². The lowest BCUT2D eigenvalue weighted by atomic mass is 10.1. The minimum absolute atomic E-state index is 0.0509. The van der Waals surface area contributed by atoms with Crippen LogP contribution in [0.3, 0.4) is 0 Å². The predicted molar refractivity (Wildman–Crippen MR) is 92.2 cm³/mol. The first-order valence-electron chi connectivity index (χ1n) is 8.03. The van der Waals surface area contributed by atoms with Crippen LogP contribution in [0.5, 0.6) is 0 Å². The van der Waals surface area contributed by atoms with Crippen LogP contribution in [0, 0.1) is 17.2 Å². The second-order valence-corrected chi connectivity index (χ2v) is 6.23. The third kappa shape index (κ3) is 3.02. The summed E-state index contributed by atoms with van der Waals surface area (Å²) in [6, 6.07) is 8.80. The smallest absolute Gasteiger partial charge is 0.274 e. The first-order chi connectivity index (χ1) is 12.1. The molecule has 1 aliphatic rings. The molecule has 7 heteroatoms. The molecule has 1 aromatic carbocycles. The van der Waals surface area contributed by atoms with Crippen LogP contribution in [0.15, 0.2) is 41.6 Å². The fourth-order valence-electron chi connectivity index (χ4n) is 2.88. The summed E-state index contributed by atoms with van der Waals surface area (Å²) < 4.78 is 2.08. The maximum Gasteiger partial charge on any atom is 0.274 e. The molecule has 1 amide bonds. The minimum atomic E-state index is -0.453. The van der Waals surface area contributed by atoms with Crippen molar-refractivity contribution < 1.29 is 4.79 Å². The van der Waals surface area contributed by atoms with E-state index in [0.29, 0.717) is 17.2 Å². The van der Waals surface area contributed by atoms with Gasteiger partial charge in [0.25, 0.3) is 11.5 Å². The van der Waals surface area contributed by atoms with Gasteiger partial charge in [-0.3, -0.25) is 9.59 Å². The fraction of sp³-hybridized carbons (Fsp3) is 0.222. The van der Waals surface area contributed by atoms with Crippen molar-refractivity contribution in [2.45, 2.75) is 19.4 Å². The molecule has 3 aromatic rings. The van der Waals surface area contributed by atoms with Crippen LogP contribution < -0.4 is 10.9 Å². The molecule has 2 aromatic heterocycles. The largest absolute Gasteiger partial charge is 0.346 e. The molecule has 0 radical (unpaired) electrons. The van der Waals surface area contributed by atoms with E-state index in [0.717, 1.165) is 23.5 Å². The topological polar surface area (TPSA) is 104 Å². The van der Waals surface area contributed by atoms with Crippen molar-refractivity contribution in [2.24, 2.45) is 5.92 Å². The Bertz CT molecular complexity index is 1070. The van der Waals surface area contributed by atoms with Crippen LogP contribution in [-0.2, 0) is 6.54 Å². The number of nitriles is 1. The standard InChI is InChI=1S/C18H15N5O2/c19-7-12-9-23(8-11-1-2-11)16-5-13(3-4-14(12)16)22-18(25)15-6-17(24)21-10-20-15/h3-6,9-11H,1-2,8H2,(H,22,25)(H,20,21,24). The van der Waals surface area contributed by atoms with Crippen LogP contribution in [0.1, 0.15) is 28.9 Å². The van der Waals surface area contributed by atoms with Gasteiger partial charge in [-0.25, -0.2) is 4.98 Å². The molecule has 4 rings (SSSR count). The Morgan fingerprint density at radius 2 is 2.24 bits per heavy atom. The molecule has 0 spiro atoms. The molecule has 0 unspecified atom stereocenters. The van der Waals surface area contributed by atoms with Gasteiger partial charge in [0.15, 0.2) is 0 Å². The lowest BCUT2D eigenvalue weighted by Crippen LogP contribution is -2.17. The van der Waals surface area contributed by atoms with Gasteiger partial charge in [-0.05, 0) is 37.0 Å². The van der Waals surface area contributed by atoms with Crippen molar-refractivity contribution in [1.82, 2.24) is 14.5 Å². The maximum atomic E-state index is 12.3. The molecule has 1 saturated carbocycles. The molecule has 0 atom stereocenters. The summed E-state index contributed by atoms with van der Waals surface area (Å²) in [7, 11) is 0. The van der Waals surface area contributed by atoms with Crippen molar-refractivity contribution in [3.8, 4) is 6.07 Å². The zero-order chi connectivity index (χ0) is 17.4. The summed E-state index contributed by atoms with van der Waals surface area (Å²) in [4.78, 5) is 29.8. The Hall–Kier alpha value is -3.40. The highest BCUT2D eigenvalue weighted by Crippen LogP contribution is 2.33. The summed E-state index contributed by atoms with van der Waals surface area (Å²) in [6.07, 6.45) is 5.49. The van der Waals surface area contributed by atoms with Crippen molar-refractivity contribution in [2.75, 3.05) is 5.32 Å². The number of benzene rings is 1. The number of carbonyl (C=O) groups excluding carboxylic acids is 1. The van der Waals surface area contributed by atoms with Gasteiger partial charge in [0.1, 0.15) is 11.8 Å². The Labute approximate surface area is 142 Å². The lowest BCUT2D eigenvalue weighted by Gasteiger charge is -2.07. The Morgan fingerprint density at radius 1 is 1.40 bits per heavy atom. The summed E-state index contributed by atoms with van der Waals surface area (Å²) in [6.45, 7) is 0.880. The van der Waals surface area contributed by atoms with Gasteiger partial charge in [-0.1, -0.05) is 0 Å². The molecule has 124 valence electrons. The molecule has 1 fully saturated rings. The normalized spacial score (nSPS) is 13.6. The first kappa shape index (κ1) is 15.1. The number of anilines is 1. The molecule has 0 bridgehead atoms. The molecule has 1 aliphatic carbocycles. The maximum absolute atomic E-state index is 12.3. The van der Waals surface area contributed by atoms with Crippen molar-refractivity contribution in [3.63, 3.8) is 0 Å². The van der Waals surface area contributed by atoms with Gasteiger partial charge in [0, 0.05) is 29.9 Å². The van der Waals surface area contributed by atoms with Crippen LogP contribution >= 0.6 is 0 Å². The van der Waals surface area contributed by atoms with E-state index in [1.165, 1.54) is 19.2 Å². The zero-order valence-electron chi connectivity index (χ0n) is 13.3. The second kappa shape index (κ2) is 5.91. The fourth-order valence-corrected chi connectivity index (χ4v) is 2.88. The van der Waals surface area contributed by atoms with Gasteiger partial charge < -0.3 is 14.9 Å². The summed E-state index contributed by atoms with van der Waals surface area (Å²) in [5, 5.41) is 12.9. The Kier molecular flexibility index (Phi) is 3.58. The van der Waals surface area contributed by atoms with E-state index in [-0.39, 0.29) is 11.3 Å². The number of amides is 1. The second-order valence-electron chi connectivity index (χ2n) is 6.23. The zero-order valence-corrected chi connectivity index (χ0v) is 13.3. The average Bonchev–Trinajstić information content (AvgIpc) is 3.36. The van der Waals surface area contributed by atoms with E-state index >= 15 is 0 Å². The van der Waals surface area contributed by atoms with Gasteiger partial charge >= 0.3 is 0 Å².